The molecule has 106 valence electrons. The van der Waals surface area contributed by atoms with Crippen LogP contribution in [0.1, 0.15) is 33.6 Å². The molecule has 0 spiro atoms. The second kappa shape index (κ2) is 6.38. The summed E-state index contributed by atoms with van der Waals surface area (Å²) in [6.07, 6.45) is 2.50. The molecule has 1 aliphatic carbocycles. The lowest BCUT2D eigenvalue weighted by Gasteiger charge is -2.39. The van der Waals surface area contributed by atoms with Gasteiger partial charge in [-0.2, -0.15) is 0 Å². The molecule has 1 saturated carbocycles. The average molecular weight is 265 g/mol. The van der Waals surface area contributed by atoms with Crippen molar-refractivity contribution in [1.82, 2.24) is 5.32 Å². The van der Waals surface area contributed by atoms with Crippen LogP contribution in [-0.4, -0.2) is 18.7 Å². The maximum absolute atomic E-state index is 12.9. The first-order valence-corrected chi connectivity index (χ1v) is 7.25. The van der Waals surface area contributed by atoms with Crippen LogP contribution in [0.3, 0.4) is 0 Å². The van der Waals surface area contributed by atoms with Crippen LogP contribution < -0.4 is 10.1 Å². The topological polar surface area (TPSA) is 21.3 Å². The zero-order valence-electron chi connectivity index (χ0n) is 12.0. The van der Waals surface area contributed by atoms with Crippen LogP contribution in [0.15, 0.2) is 24.3 Å². The van der Waals surface area contributed by atoms with Crippen LogP contribution >= 0.6 is 0 Å². The summed E-state index contributed by atoms with van der Waals surface area (Å²) in [4.78, 5) is 0. The summed E-state index contributed by atoms with van der Waals surface area (Å²) in [5.41, 5.74) is 0. The molecule has 1 aliphatic rings. The summed E-state index contributed by atoms with van der Waals surface area (Å²) in [7, 11) is 0. The monoisotopic (exact) mass is 265 g/mol. The smallest absolute Gasteiger partial charge is 0.123 e. The summed E-state index contributed by atoms with van der Waals surface area (Å²) in [5.74, 6) is 1.78. The molecule has 2 rings (SSSR count). The minimum atomic E-state index is -0.221. The van der Waals surface area contributed by atoms with Crippen LogP contribution in [0.25, 0.3) is 0 Å². The van der Waals surface area contributed by atoms with Gasteiger partial charge in [0.15, 0.2) is 0 Å². The normalized spacial score (nSPS) is 31.2. The standard InChI is InChI=1S/C16H24FNO/c1-4-18-15-10-11(2)9-12(3)16(15)19-14-7-5-13(17)6-8-14/h5-8,11-12,15-16,18H,4,9-10H2,1-3H3. The number of nitrogens with one attached hydrogen (secondary N) is 1. The molecule has 1 aromatic carbocycles. The van der Waals surface area contributed by atoms with Gasteiger partial charge in [0, 0.05) is 6.04 Å². The van der Waals surface area contributed by atoms with Gasteiger partial charge in [-0.15, -0.1) is 0 Å². The molecule has 0 saturated heterocycles. The fourth-order valence-corrected chi connectivity index (χ4v) is 3.16. The van der Waals surface area contributed by atoms with E-state index in [0.717, 1.165) is 24.6 Å². The molecule has 1 aromatic rings. The van der Waals surface area contributed by atoms with Gasteiger partial charge in [-0.05, 0) is 55.5 Å². The van der Waals surface area contributed by atoms with E-state index in [9.17, 15) is 4.39 Å². The molecule has 1 fully saturated rings. The van der Waals surface area contributed by atoms with E-state index in [1.54, 1.807) is 12.1 Å². The van der Waals surface area contributed by atoms with Gasteiger partial charge < -0.3 is 10.1 Å². The molecular weight excluding hydrogens is 241 g/mol. The Bertz CT molecular complexity index is 392. The summed E-state index contributed by atoms with van der Waals surface area (Å²) in [6, 6.07) is 6.71. The van der Waals surface area contributed by atoms with Gasteiger partial charge in [0.25, 0.3) is 0 Å². The van der Waals surface area contributed by atoms with Crippen LogP contribution in [0, 0.1) is 17.7 Å². The predicted octanol–water partition coefficient (Wildman–Crippen LogP) is 3.62. The van der Waals surface area contributed by atoms with Crippen molar-refractivity contribution in [3.8, 4) is 5.75 Å². The minimum Gasteiger partial charge on any atom is -0.489 e. The highest BCUT2D eigenvalue weighted by Crippen LogP contribution is 2.32. The fraction of sp³-hybridized carbons (Fsp3) is 0.625. The van der Waals surface area contributed by atoms with E-state index in [4.69, 9.17) is 4.74 Å². The van der Waals surface area contributed by atoms with Gasteiger partial charge >= 0.3 is 0 Å². The molecule has 4 atom stereocenters. The van der Waals surface area contributed by atoms with Gasteiger partial charge in [0.05, 0.1) is 0 Å². The predicted molar refractivity (Wildman–Crippen MR) is 75.8 cm³/mol. The molecule has 2 nitrogen and oxygen atoms in total. The maximum atomic E-state index is 12.9. The summed E-state index contributed by atoms with van der Waals surface area (Å²) in [5, 5.41) is 3.53. The molecule has 0 aromatic heterocycles. The number of rotatable bonds is 4. The summed E-state index contributed by atoms with van der Waals surface area (Å²) >= 11 is 0. The van der Waals surface area contributed by atoms with Crippen molar-refractivity contribution in [2.45, 2.75) is 45.8 Å². The lowest BCUT2D eigenvalue weighted by Crippen LogP contribution is -2.50. The minimum absolute atomic E-state index is 0.168. The average Bonchev–Trinajstić information content (AvgIpc) is 2.36. The Kier molecular flexibility index (Phi) is 4.81. The van der Waals surface area contributed by atoms with Gasteiger partial charge in [0.2, 0.25) is 0 Å². The molecule has 19 heavy (non-hydrogen) atoms. The largest absolute Gasteiger partial charge is 0.489 e. The van der Waals surface area contributed by atoms with E-state index in [-0.39, 0.29) is 11.9 Å². The number of hydrogen-bond donors (Lipinski definition) is 1. The van der Waals surface area contributed by atoms with Crippen molar-refractivity contribution in [1.29, 1.82) is 0 Å². The second-order valence-electron chi connectivity index (χ2n) is 5.75. The fourth-order valence-electron chi connectivity index (χ4n) is 3.16. The lowest BCUT2D eigenvalue weighted by molar-refractivity contribution is 0.0483. The van der Waals surface area contributed by atoms with E-state index in [1.165, 1.54) is 18.6 Å². The molecule has 4 unspecified atom stereocenters. The van der Waals surface area contributed by atoms with Crippen molar-refractivity contribution in [2.24, 2.45) is 11.8 Å². The number of ether oxygens (including phenoxy) is 1. The highest BCUT2D eigenvalue weighted by Gasteiger charge is 2.35. The summed E-state index contributed by atoms with van der Waals surface area (Å²) < 4.78 is 19.0. The zero-order chi connectivity index (χ0) is 13.8. The molecule has 3 heteroatoms. The van der Waals surface area contributed by atoms with Gasteiger partial charge in [-0.25, -0.2) is 4.39 Å². The first kappa shape index (κ1) is 14.3. The Hall–Kier alpha value is -1.09. The second-order valence-corrected chi connectivity index (χ2v) is 5.75. The molecule has 0 aliphatic heterocycles. The SMILES string of the molecule is CCNC1CC(C)CC(C)C1Oc1ccc(F)cc1. The third-order valence-electron chi connectivity index (χ3n) is 3.94. The van der Waals surface area contributed by atoms with E-state index >= 15 is 0 Å². The quantitative estimate of drug-likeness (QED) is 0.898. The van der Waals surface area contributed by atoms with Crippen molar-refractivity contribution in [3.63, 3.8) is 0 Å². The maximum Gasteiger partial charge on any atom is 0.123 e. The van der Waals surface area contributed by atoms with Crippen molar-refractivity contribution < 1.29 is 9.13 Å². The molecule has 0 amide bonds. The Balaban J connectivity index is 2.08. The van der Waals surface area contributed by atoms with Crippen LogP contribution in [0.4, 0.5) is 4.39 Å². The Morgan fingerprint density at radius 3 is 2.53 bits per heavy atom. The van der Waals surface area contributed by atoms with E-state index in [0.29, 0.717) is 12.0 Å². The molecule has 0 heterocycles. The third-order valence-corrected chi connectivity index (χ3v) is 3.94. The number of hydrogen-bond acceptors (Lipinski definition) is 2. The highest BCUT2D eigenvalue weighted by molar-refractivity contribution is 5.22. The van der Waals surface area contributed by atoms with E-state index < -0.39 is 0 Å². The lowest BCUT2D eigenvalue weighted by atomic mass is 9.78. The zero-order valence-corrected chi connectivity index (χ0v) is 12.0. The number of benzene rings is 1. The van der Waals surface area contributed by atoms with Crippen LogP contribution in [0.5, 0.6) is 5.75 Å². The first-order valence-electron chi connectivity index (χ1n) is 7.25. The van der Waals surface area contributed by atoms with Gasteiger partial charge in [-0.1, -0.05) is 20.8 Å². The van der Waals surface area contributed by atoms with Crippen LogP contribution in [-0.2, 0) is 0 Å². The molecule has 1 N–H and O–H groups in total. The van der Waals surface area contributed by atoms with E-state index in [2.05, 4.69) is 26.1 Å². The third kappa shape index (κ3) is 3.69. The Morgan fingerprint density at radius 1 is 1.21 bits per heavy atom. The van der Waals surface area contributed by atoms with Crippen molar-refractivity contribution in [2.75, 3.05) is 6.54 Å². The Labute approximate surface area is 115 Å². The van der Waals surface area contributed by atoms with Gasteiger partial charge in [0.1, 0.15) is 17.7 Å². The summed E-state index contributed by atoms with van der Waals surface area (Å²) in [6.45, 7) is 7.62. The van der Waals surface area contributed by atoms with E-state index in [1.807, 2.05) is 0 Å². The number of likely N-dealkylation sites (N-methyl/N-ethyl adjacent to an activating group) is 1. The molecular formula is C16H24FNO. The van der Waals surface area contributed by atoms with Crippen molar-refractivity contribution >= 4 is 0 Å². The van der Waals surface area contributed by atoms with Crippen molar-refractivity contribution in [3.05, 3.63) is 30.1 Å². The molecule has 0 radical (unpaired) electrons. The first-order chi connectivity index (χ1) is 9.10. The Morgan fingerprint density at radius 2 is 1.89 bits per heavy atom. The molecule has 0 bridgehead atoms. The highest BCUT2D eigenvalue weighted by atomic mass is 19.1. The van der Waals surface area contributed by atoms with Crippen LogP contribution in [0.2, 0.25) is 0 Å². The van der Waals surface area contributed by atoms with Gasteiger partial charge in [-0.3, -0.25) is 0 Å². The number of halogens is 1.